The van der Waals surface area contributed by atoms with Crippen LogP contribution in [0.15, 0.2) is 24.3 Å². The van der Waals surface area contributed by atoms with Crippen LogP contribution in [0.25, 0.3) is 0 Å². The summed E-state index contributed by atoms with van der Waals surface area (Å²) in [6.45, 7) is 2.96. The Balaban J connectivity index is 2.66. The molecule has 1 aromatic carbocycles. The van der Waals surface area contributed by atoms with E-state index in [4.69, 9.17) is 5.11 Å². The number of carboxylic acids is 1. The second-order valence-corrected chi connectivity index (χ2v) is 8.70. The molecule has 134 valence electrons. The van der Waals surface area contributed by atoms with Gasteiger partial charge in [-0.15, -0.1) is 0 Å². The molecule has 0 fully saturated rings. The van der Waals surface area contributed by atoms with E-state index in [0.29, 0.717) is 17.2 Å². The van der Waals surface area contributed by atoms with Gasteiger partial charge in [0.1, 0.15) is 5.54 Å². The summed E-state index contributed by atoms with van der Waals surface area (Å²) in [4.78, 5) is 22.7. The predicted octanol–water partition coefficient (Wildman–Crippen LogP) is 1.66. The van der Waals surface area contributed by atoms with Crippen molar-refractivity contribution in [3.63, 3.8) is 0 Å². The van der Waals surface area contributed by atoms with Gasteiger partial charge < -0.3 is 10.4 Å². The average Bonchev–Trinajstić information content (AvgIpc) is 2.41. The predicted molar refractivity (Wildman–Crippen MR) is 95.5 cm³/mol. The molecule has 0 aliphatic rings. The zero-order valence-electron chi connectivity index (χ0n) is 13.8. The summed E-state index contributed by atoms with van der Waals surface area (Å²) in [7, 11) is -3.51. The van der Waals surface area contributed by atoms with Crippen molar-refractivity contribution in [1.29, 1.82) is 0 Å². The number of amides is 1. The van der Waals surface area contributed by atoms with Crippen molar-refractivity contribution in [2.75, 3.05) is 17.3 Å². The number of sulfonamides is 1. The lowest BCUT2D eigenvalue weighted by Crippen LogP contribution is -2.51. The standard InChI is InChI=1S/C15H22N2O5S2/c1-15(2,17-24(3,21)22)14(20)16-12-6-4-5-11(9-12)10-23-8-7-13(18)19/h4-6,9,17H,7-8,10H2,1-3H3,(H,16,20)(H,18,19). The van der Waals surface area contributed by atoms with Gasteiger partial charge in [-0.2, -0.15) is 11.8 Å². The van der Waals surface area contributed by atoms with Gasteiger partial charge in [0, 0.05) is 17.2 Å². The second-order valence-electron chi connectivity index (χ2n) is 5.85. The van der Waals surface area contributed by atoms with E-state index in [-0.39, 0.29) is 6.42 Å². The van der Waals surface area contributed by atoms with Gasteiger partial charge in [0.2, 0.25) is 15.9 Å². The Morgan fingerprint density at radius 2 is 1.96 bits per heavy atom. The van der Waals surface area contributed by atoms with Gasteiger partial charge in [-0.1, -0.05) is 12.1 Å². The van der Waals surface area contributed by atoms with E-state index in [1.54, 1.807) is 18.2 Å². The van der Waals surface area contributed by atoms with Crippen LogP contribution in [-0.4, -0.2) is 42.9 Å². The summed E-state index contributed by atoms with van der Waals surface area (Å²) in [5.41, 5.74) is 0.219. The minimum Gasteiger partial charge on any atom is -0.481 e. The van der Waals surface area contributed by atoms with Crippen molar-refractivity contribution >= 4 is 39.3 Å². The zero-order valence-corrected chi connectivity index (χ0v) is 15.5. The van der Waals surface area contributed by atoms with E-state index >= 15 is 0 Å². The van der Waals surface area contributed by atoms with Gasteiger partial charge in [-0.25, -0.2) is 13.1 Å². The van der Waals surface area contributed by atoms with Crippen LogP contribution in [0.3, 0.4) is 0 Å². The van der Waals surface area contributed by atoms with Crippen LogP contribution in [0, 0.1) is 0 Å². The van der Waals surface area contributed by atoms with Crippen LogP contribution in [0.1, 0.15) is 25.8 Å². The number of carbonyl (C=O) groups excluding carboxylic acids is 1. The van der Waals surface area contributed by atoms with Gasteiger partial charge in [-0.3, -0.25) is 9.59 Å². The summed E-state index contributed by atoms with van der Waals surface area (Å²) >= 11 is 1.49. The Bertz CT molecular complexity index is 702. The highest BCUT2D eigenvalue weighted by Gasteiger charge is 2.30. The fraction of sp³-hybridized carbons (Fsp3) is 0.467. The van der Waals surface area contributed by atoms with Crippen LogP contribution in [0.5, 0.6) is 0 Å². The summed E-state index contributed by atoms with van der Waals surface area (Å²) in [5, 5.41) is 11.3. The van der Waals surface area contributed by atoms with Gasteiger partial charge in [0.25, 0.3) is 0 Å². The molecule has 9 heteroatoms. The summed E-state index contributed by atoms with van der Waals surface area (Å²) in [6, 6.07) is 7.14. The first kappa shape index (κ1) is 20.5. The van der Waals surface area contributed by atoms with Crippen molar-refractivity contribution in [3.05, 3.63) is 29.8 Å². The number of carboxylic acid groups (broad SMARTS) is 1. The highest BCUT2D eigenvalue weighted by atomic mass is 32.2. The van der Waals surface area contributed by atoms with Crippen molar-refractivity contribution in [1.82, 2.24) is 4.72 Å². The third-order valence-electron chi connectivity index (χ3n) is 2.92. The van der Waals surface area contributed by atoms with Gasteiger partial charge in [-0.05, 0) is 31.5 Å². The third-order valence-corrected chi connectivity index (χ3v) is 4.83. The van der Waals surface area contributed by atoms with Gasteiger partial charge in [0.05, 0.1) is 12.7 Å². The third kappa shape index (κ3) is 7.80. The molecule has 0 atom stereocenters. The van der Waals surface area contributed by atoms with E-state index in [2.05, 4.69) is 10.0 Å². The fourth-order valence-corrected chi connectivity index (χ4v) is 3.78. The smallest absolute Gasteiger partial charge is 0.304 e. The van der Waals surface area contributed by atoms with Crippen molar-refractivity contribution < 1.29 is 23.1 Å². The number of hydrogen-bond acceptors (Lipinski definition) is 5. The molecular weight excluding hydrogens is 352 g/mol. The summed E-state index contributed by atoms with van der Waals surface area (Å²) in [5.74, 6) is -0.160. The molecule has 1 amide bonds. The Morgan fingerprint density at radius 1 is 1.29 bits per heavy atom. The molecule has 0 heterocycles. The van der Waals surface area contributed by atoms with Crippen LogP contribution in [-0.2, 0) is 25.4 Å². The lowest BCUT2D eigenvalue weighted by molar-refractivity contribution is -0.136. The first-order valence-electron chi connectivity index (χ1n) is 7.18. The van der Waals surface area contributed by atoms with Crippen molar-refractivity contribution in [2.45, 2.75) is 31.6 Å². The highest BCUT2D eigenvalue weighted by molar-refractivity contribution is 7.98. The Kier molecular flexibility index (Phi) is 7.25. The number of aliphatic carboxylic acids is 1. The largest absolute Gasteiger partial charge is 0.481 e. The van der Waals surface area contributed by atoms with E-state index in [9.17, 15) is 18.0 Å². The van der Waals surface area contributed by atoms with Crippen LogP contribution in [0.4, 0.5) is 5.69 Å². The first-order valence-corrected chi connectivity index (χ1v) is 10.2. The van der Waals surface area contributed by atoms with Crippen molar-refractivity contribution in [2.24, 2.45) is 0 Å². The van der Waals surface area contributed by atoms with E-state index in [1.165, 1.54) is 25.6 Å². The number of nitrogens with one attached hydrogen (secondary N) is 2. The molecule has 0 aromatic heterocycles. The molecule has 7 nitrogen and oxygen atoms in total. The Hall–Kier alpha value is -1.58. The highest BCUT2D eigenvalue weighted by Crippen LogP contribution is 2.18. The number of thioether (sulfide) groups is 1. The van der Waals surface area contributed by atoms with Gasteiger partial charge >= 0.3 is 5.97 Å². The monoisotopic (exact) mass is 374 g/mol. The molecule has 0 radical (unpaired) electrons. The molecule has 24 heavy (non-hydrogen) atoms. The maximum atomic E-state index is 12.3. The topological polar surface area (TPSA) is 113 Å². The fourth-order valence-electron chi connectivity index (χ4n) is 1.89. The Labute approximate surface area is 146 Å². The number of hydrogen-bond donors (Lipinski definition) is 3. The minimum absolute atomic E-state index is 0.104. The molecule has 0 spiro atoms. The molecule has 0 unspecified atom stereocenters. The molecule has 1 rings (SSSR count). The van der Waals surface area contributed by atoms with E-state index in [0.717, 1.165) is 11.8 Å². The van der Waals surface area contributed by atoms with E-state index < -0.39 is 27.4 Å². The first-order chi connectivity index (χ1) is 11.0. The lowest BCUT2D eigenvalue weighted by Gasteiger charge is -2.24. The summed E-state index contributed by atoms with van der Waals surface area (Å²) in [6.07, 6.45) is 1.10. The summed E-state index contributed by atoms with van der Waals surface area (Å²) < 4.78 is 24.9. The molecule has 0 bridgehead atoms. The molecule has 3 N–H and O–H groups in total. The quantitative estimate of drug-likeness (QED) is 0.567. The minimum atomic E-state index is -3.51. The number of rotatable bonds is 9. The molecule has 1 aromatic rings. The van der Waals surface area contributed by atoms with Crippen LogP contribution in [0.2, 0.25) is 0 Å². The molecule has 0 aliphatic heterocycles. The molecule has 0 saturated carbocycles. The maximum Gasteiger partial charge on any atom is 0.304 e. The van der Waals surface area contributed by atoms with Gasteiger partial charge in [0.15, 0.2) is 0 Å². The van der Waals surface area contributed by atoms with E-state index in [1.807, 2.05) is 6.07 Å². The SMILES string of the molecule is CC(C)(NS(C)(=O)=O)C(=O)Nc1cccc(CSCCC(=O)O)c1. The zero-order chi connectivity index (χ0) is 18.4. The molecule has 0 aliphatic carbocycles. The lowest BCUT2D eigenvalue weighted by atomic mass is 10.1. The second kappa shape index (κ2) is 8.50. The van der Waals surface area contributed by atoms with Crippen LogP contribution < -0.4 is 10.0 Å². The number of anilines is 1. The molecule has 0 saturated heterocycles. The number of benzene rings is 1. The average molecular weight is 374 g/mol. The number of carbonyl (C=O) groups is 2. The van der Waals surface area contributed by atoms with Crippen LogP contribution >= 0.6 is 11.8 Å². The normalized spacial score (nSPS) is 12.0. The molecular formula is C15H22N2O5S2. The van der Waals surface area contributed by atoms with Crippen molar-refractivity contribution in [3.8, 4) is 0 Å². The maximum absolute atomic E-state index is 12.3. The Morgan fingerprint density at radius 3 is 2.54 bits per heavy atom.